The average molecular weight is 392 g/mol. The van der Waals surface area contributed by atoms with Gasteiger partial charge in [-0.05, 0) is 44.0 Å². The van der Waals surface area contributed by atoms with E-state index in [1.165, 1.54) is 37.7 Å². The largest absolute Gasteiger partial charge is 0.345 e. The number of aromatic nitrogens is 2. The molecule has 3 rings (SSSR count). The first kappa shape index (κ1) is 21.1. The lowest BCUT2D eigenvalue weighted by Crippen LogP contribution is -2.25. The van der Waals surface area contributed by atoms with Crippen LogP contribution in [0.2, 0.25) is 0 Å². The number of benzene rings is 2. The lowest BCUT2D eigenvalue weighted by molar-refractivity contribution is 0.0949. The molecule has 0 bridgehead atoms. The second-order valence-electron chi connectivity index (χ2n) is 7.94. The molecular formula is C25H33N3O. The Labute approximate surface area is 174 Å². The van der Waals surface area contributed by atoms with Gasteiger partial charge in [0.1, 0.15) is 5.82 Å². The summed E-state index contributed by atoms with van der Waals surface area (Å²) in [5.41, 5.74) is 5.04. The Hall–Kier alpha value is -2.62. The first-order valence-corrected chi connectivity index (χ1v) is 10.9. The number of carbonyl (C=O) groups is 1. The van der Waals surface area contributed by atoms with Crippen LogP contribution in [0.3, 0.4) is 0 Å². The van der Waals surface area contributed by atoms with Crippen LogP contribution in [-0.2, 0) is 13.1 Å². The van der Waals surface area contributed by atoms with E-state index < -0.39 is 0 Å². The zero-order chi connectivity index (χ0) is 20.6. The van der Waals surface area contributed by atoms with E-state index in [0.29, 0.717) is 6.54 Å². The molecule has 2 aromatic carbocycles. The van der Waals surface area contributed by atoms with Crippen LogP contribution in [0.15, 0.2) is 42.5 Å². The second-order valence-corrected chi connectivity index (χ2v) is 7.94. The van der Waals surface area contributed by atoms with Crippen molar-refractivity contribution in [2.24, 2.45) is 0 Å². The smallest absolute Gasteiger partial charge is 0.251 e. The minimum absolute atomic E-state index is 0.0410. The fourth-order valence-corrected chi connectivity index (χ4v) is 3.88. The maximum Gasteiger partial charge on any atom is 0.251 e. The van der Waals surface area contributed by atoms with Gasteiger partial charge in [-0.3, -0.25) is 4.79 Å². The number of imidazole rings is 1. The van der Waals surface area contributed by atoms with Gasteiger partial charge in [0.15, 0.2) is 0 Å². The number of rotatable bonds is 10. The number of carbonyl (C=O) groups excluding carboxylic acids is 1. The van der Waals surface area contributed by atoms with Gasteiger partial charge >= 0.3 is 0 Å². The van der Waals surface area contributed by atoms with Crippen LogP contribution in [0.25, 0.3) is 11.0 Å². The molecule has 0 saturated heterocycles. The predicted molar refractivity (Wildman–Crippen MR) is 120 cm³/mol. The summed E-state index contributed by atoms with van der Waals surface area (Å²) in [7, 11) is 0. The highest BCUT2D eigenvalue weighted by atomic mass is 16.1. The van der Waals surface area contributed by atoms with Crippen LogP contribution in [0.5, 0.6) is 0 Å². The minimum atomic E-state index is -0.0410. The van der Waals surface area contributed by atoms with Crippen LogP contribution < -0.4 is 5.32 Å². The molecule has 0 spiro atoms. The summed E-state index contributed by atoms with van der Waals surface area (Å²) in [6.07, 6.45) is 7.59. The molecule has 4 nitrogen and oxygen atoms in total. The molecule has 1 N–H and O–H groups in total. The number of aryl methyl sites for hydroxylation is 3. The van der Waals surface area contributed by atoms with Crippen LogP contribution in [0.1, 0.15) is 72.8 Å². The lowest BCUT2D eigenvalue weighted by Gasteiger charge is -2.11. The zero-order valence-electron chi connectivity index (χ0n) is 18.0. The molecular weight excluding hydrogens is 358 g/mol. The number of hydrogen-bond donors (Lipinski definition) is 1. The molecule has 154 valence electrons. The number of unbranched alkanes of at least 4 members (excludes halogenated alkanes) is 5. The van der Waals surface area contributed by atoms with Gasteiger partial charge in [0.25, 0.3) is 5.91 Å². The number of amides is 1. The SMILES string of the molecule is CCCCCCCCn1c(CNC(=O)c2ccc(C)cc2C)nc2ccccc21. The van der Waals surface area contributed by atoms with E-state index in [0.717, 1.165) is 41.0 Å². The lowest BCUT2D eigenvalue weighted by atomic mass is 10.1. The van der Waals surface area contributed by atoms with Gasteiger partial charge in [-0.25, -0.2) is 4.98 Å². The molecule has 3 aromatic rings. The first-order chi connectivity index (χ1) is 14.1. The average Bonchev–Trinajstić information content (AvgIpc) is 3.06. The van der Waals surface area contributed by atoms with Crippen molar-refractivity contribution in [3.8, 4) is 0 Å². The Kier molecular flexibility index (Phi) is 7.45. The van der Waals surface area contributed by atoms with Gasteiger partial charge in [0, 0.05) is 12.1 Å². The quantitative estimate of drug-likeness (QED) is 0.435. The summed E-state index contributed by atoms with van der Waals surface area (Å²) in [5.74, 6) is 0.888. The van der Waals surface area contributed by atoms with Crippen LogP contribution in [-0.4, -0.2) is 15.5 Å². The Bertz CT molecular complexity index is 958. The van der Waals surface area contributed by atoms with Gasteiger partial charge in [-0.1, -0.05) is 68.9 Å². The van der Waals surface area contributed by atoms with Crippen LogP contribution in [0.4, 0.5) is 0 Å². The summed E-state index contributed by atoms with van der Waals surface area (Å²) < 4.78 is 2.28. The normalized spacial score (nSPS) is 11.1. The number of fused-ring (bicyclic) bond motifs is 1. The van der Waals surface area contributed by atoms with E-state index in [1.807, 2.05) is 44.2 Å². The topological polar surface area (TPSA) is 46.9 Å². The maximum atomic E-state index is 12.7. The van der Waals surface area contributed by atoms with E-state index in [-0.39, 0.29) is 5.91 Å². The second kappa shape index (κ2) is 10.2. The third kappa shape index (κ3) is 5.47. The highest BCUT2D eigenvalue weighted by Crippen LogP contribution is 2.18. The van der Waals surface area contributed by atoms with Crippen LogP contribution >= 0.6 is 0 Å². The molecule has 0 fully saturated rings. The predicted octanol–water partition coefficient (Wildman–Crippen LogP) is 5.94. The highest BCUT2D eigenvalue weighted by molar-refractivity contribution is 5.95. The first-order valence-electron chi connectivity index (χ1n) is 10.9. The third-order valence-corrected chi connectivity index (χ3v) is 5.50. The molecule has 0 radical (unpaired) electrons. The minimum Gasteiger partial charge on any atom is -0.345 e. The van der Waals surface area contributed by atoms with E-state index in [2.05, 4.69) is 28.9 Å². The van der Waals surface area contributed by atoms with Crippen LogP contribution in [0, 0.1) is 13.8 Å². The fraction of sp³-hybridized carbons (Fsp3) is 0.440. The standard InChI is InChI=1S/C25H33N3O/c1-4-5-6-7-8-11-16-28-23-13-10-9-12-22(23)27-24(28)18-26-25(29)21-15-14-19(2)17-20(21)3/h9-10,12-15,17H,4-8,11,16,18H2,1-3H3,(H,26,29). The molecule has 0 aliphatic carbocycles. The Morgan fingerprint density at radius 2 is 1.76 bits per heavy atom. The number of nitrogens with one attached hydrogen (secondary N) is 1. The summed E-state index contributed by atoms with van der Waals surface area (Å²) in [6, 6.07) is 14.2. The zero-order valence-corrected chi connectivity index (χ0v) is 18.0. The van der Waals surface area contributed by atoms with E-state index in [1.54, 1.807) is 0 Å². The van der Waals surface area contributed by atoms with Gasteiger partial charge in [0.2, 0.25) is 0 Å². The van der Waals surface area contributed by atoms with Gasteiger partial charge in [-0.15, -0.1) is 0 Å². The molecule has 0 saturated carbocycles. The molecule has 0 aliphatic rings. The Morgan fingerprint density at radius 1 is 1.00 bits per heavy atom. The van der Waals surface area contributed by atoms with Crippen molar-refractivity contribution in [1.82, 2.24) is 14.9 Å². The number of nitrogens with zero attached hydrogens (tertiary/aromatic N) is 2. The van der Waals surface area contributed by atoms with Crippen molar-refractivity contribution in [1.29, 1.82) is 0 Å². The molecule has 4 heteroatoms. The van der Waals surface area contributed by atoms with E-state index >= 15 is 0 Å². The summed E-state index contributed by atoms with van der Waals surface area (Å²) in [6.45, 7) is 7.66. The molecule has 1 heterocycles. The third-order valence-electron chi connectivity index (χ3n) is 5.50. The fourth-order valence-electron chi connectivity index (χ4n) is 3.88. The molecule has 1 aromatic heterocycles. The molecule has 0 unspecified atom stereocenters. The Balaban J connectivity index is 1.68. The molecule has 0 aliphatic heterocycles. The number of hydrogen-bond acceptors (Lipinski definition) is 2. The van der Waals surface area contributed by atoms with Gasteiger partial charge in [-0.2, -0.15) is 0 Å². The van der Waals surface area contributed by atoms with E-state index in [9.17, 15) is 4.79 Å². The van der Waals surface area contributed by atoms with Crippen molar-refractivity contribution in [2.75, 3.05) is 0 Å². The summed E-state index contributed by atoms with van der Waals surface area (Å²) in [4.78, 5) is 17.5. The van der Waals surface area contributed by atoms with E-state index in [4.69, 9.17) is 4.98 Å². The van der Waals surface area contributed by atoms with Crippen molar-refractivity contribution in [3.63, 3.8) is 0 Å². The molecule has 1 amide bonds. The summed E-state index contributed by atoms with van der Waals surface area (Å²) in [5, 5.41) is 3.07. The van der Waals surface area contributed by atoms with Crippen molar-refractivity contribution in [2.45, 2.75) is 72.4 Å². The van der Waals surface area contributed by atoms with Crippen molar-refractivity contribution in [3.05, 3.63) is 65.0 Å². The van der Waals surface area contributed by atoms with Crippen molar-refractivity contribution >= 4 is 16.9 Å². The number of para-hydroxylation sites is 2. The monoisotopic (exact) mass is 391 g/mol. The van der Waals surface area contributed by atoms with Crippen molar-refractivity contribution < 1.29 is 4.79 Å². The highest BCUT2D eigenvalue weighted by Gasteiger charge is 2.13. The maximum absolute atomic E-state index is 12.7. The summed E-state index contributed by atoms with van der Waals surface area (Å²) >= 11 is 0. The Morgan fingerprint density at radius 3 is 2.55 bits per heavy atom. The van der Waals surface area contributed by atoms with Gasteiger partial charge in [0.05, 0.1) is 17.6 Å². The molecule has 29 heavy (non-hydrogen) atoms. The van der Waals surface area contributed by atoms with Gasteiger partial charge < -0.3 is 9.88 Å². The molecule has 0 atom stereocenters.